The topological polar surface area (TPSA) is 108 Å². The Kier molecular flexibility index (Phi) is 16.3. The SMILES string of the molecule is CC(C)(C)c1cn[nH]c1.CC(C)n1nccc1C(C)(C)C.Cc1c(C(C)(C)C)cnn1C.Cc1noc(C)c1C(C)(C)C.Cn1cc(C(C)(C)C)cn1. The van der Waals surface area contributed by atoms with Crippen molar-refractivity contribution in [2.75, 3.05) is 0 Å². The van der Waals surface area contributed by atoms with Crippen molar-refractivity contribution in [1.82, 2.24) is 44.7 Å². The third kappa shape index (κ3) is 15.1. The molecule has 0 radical (unpaired) electrons. The van der Waals surface area contributed by atoms with Gasteiger partial charge in [0.15, 0.2) is 0 Å². The Morgan fingerprint density at radius 3 is 1.45 bits per heavy atom. The van der Waals surface area contributed by atoms with Crippen molar-refractivity contribution in [3.8, 4) is 0 Å². The summed E-state index contributed by atoms with van der Waals surface area (Å²) in [5.41, 5.74) is 9.70. The number of aryl methyl sites for hydroxylation is 4. The molecule has 10 nitrogen and oxygen atoms in total. The maximum Gasteiger partial charge on any atom is 0.137 e. The molecule has 0 atom stereocenters. The van der Waals surface area contributed by atoms with Crippen molar-refractivity contribution in [3.05, 3.63) is 88.3 Å². The van der Waals surface area contributed by atoms with Gasteiger partial charge in [0.25, 0.3) is 0 Å². The first-order chi connectivity index (χ1) is 23.9. The molecule has 0 saturated heterocycles. The van der Waals surface area contributed by atoms with Crippen LogP contribution in [0.5, 0.6) is 0 Å². The van der Waals surface area contributed by atoms with Crippen LogP contribution in [0.4, 0.5) is 0 Å². The van der Waals surface area contributed by atoms with Gasteiger partial charge in [-0.15, -0.1) is 0 Å². The molecule has 5 heterocycles. The number of nitrogens with zero attached hydrogens (tertiary/aromatic N) is 8. The quantitative estimate of drug-likeness (QED) is 0.184. The lowest BCUT2D eigenvalue weighted by Gasteiger charge is -2.22. The molecule has 5 rings (SSSR count). The zero-order valence-corrected chi connectivity index (χ0v) is 37.6. The first kappa shape index (κ1) is 47.1. The molecule has 0 aliphatic carbocycles. The number of aromatic amines is 1. The number of H-pyrrole nitrogens is 1. The molecule has 10 heteroatoms. The summed E-state index contributed by atoms with van der Waals surface area (Å²) in [6, 6.07) is 2.55. The summed E-state index contributed by atoms with van der Waals surface area (Å²) in [5.74, 6) is 0.940. The summed E-state index contributed by atoms with van der Waals surface area (Å²) in [6.07, 6.45) is 11.6. The third-order valence-corrected chi connectivity index (χ3v) is 8.69. The first-order valence-corrected chi connectivity index (χ1v) is 18.8. The van der Waals surface area contributed by atoms with Gasteiger partial charge in [-0.1, -0.05) is 109 Å². The zero-order chi connectivity index (χ0) is 41.3. The average molecular weight is 734 g/mol. The molecule has 5 aromatic heterocycles. The summed E-state index contributed by atoms with van der Waals surface area (Å²) in [7, 11) is 3.92. The van der Waals surface area contributed by atoms with E-state index in [4.69, 9.17) is 4.52 Å². The minimum atomic E-state index is 0.147. The van der Waals surface area contributed by atoms with Gasteiger partial charge < -0.3 is 4.52 Å². The van der Waals surface area contributed by atoms with E-state index in [0.29, 0.717) is 6.04 Å². The van der Waals surface area contributed by atoms with E-state index in [1.807, 2.05) is 68.3 Å². The Morgan fingerprint density at radius 1 is 0.660 bits per heavy atom. The third-order valence-electron chi connectivity index (χ3n) is 8.69. The van der Waals surface area contributed by atoms with Crippen LogP contribution in [-0.2, 0) is 41.2 Å². The standard InChI is InChI=1S/C10H18N2.C9H16N2.C9H15NO.C8H14N2.C7H12N2/c1-8(2)12-9(6-7-11-12)10(3,4)5;1-7-8(9(2,3)4)6-10-11(7)5;1-6-8(9(3,4)5)7(2)11-10-6;1-8(2,3)7-5-9-10(4)6-7;1-7(2,3)6-4-8-9-5-6/h6-8H,1-5H3;6H,1-5H3;1-5H3;5-6H,1-4H3;4-5H,1-3H3,(H,8,9). The van der Waals surface area contributed by atoms with E-state index in [2.05, 4.69) is 172 Å². The molecule has 0 aliphatic heterocycles. The van der Waals surface area contributed by atoms with E-state index in [9.17, 15) is 0 Å². The van der Waals surface area contributed by atoms with Gasteiger partial charge >= 0.3 is 0 Å². The van der Waals surface area contributed by atoms with Gasteiger partial charge in [-0.05, 0) is 79.0 Å². The number of nitrogens with one attached hydrogen (secondary N) is 1. The summed E-state index contributed by atoms with van der Waals surface area (Å²) in [4.78, 5) is 0. The summed E-state index contributed by atoms with van der Waals surface area (Å²) >= 11 is 0. The Labute approximate surface area is 322 Å². The lowest BCUT2D eigenvalue weighted by molar-refractivity contribution is 0.389. The molecule has 0 amide bonds. The predicted octanol–water partition coefficient (Wildman–Crippen LogP) is 10.8. The number of aromatic nitrogens is 9. The smallest absolute Gasteiger partial charge is 0.137 e. The second kappa shape index (κ2) is 18.4. The zero-order valence-electron chi connectivity index (χ0n) is 37.6. The fraction of sp³-hybridized carbons (Fsp3) is 0.651. The van der Waals surface area contributed by atoms with E-state index in [1.165, 1.54) is 33.6 Å². The van der Waals surface area contributed by atoms with Gasteiger partial charge in [-0.2, -0.15) is 20.4 Å². The van der Waals surface area contributed by atoms with Crippen LogP contribution in [0.3, 0.4) is 0 Å². The Balaban J connectivity index is 0.000000332. The summed E-state index contributed by atoms with van der Waals surface area (Å²) in [5, 5.41) is 23.2. The Bertz CT molecular complexity index is 1740. The molecule has 0 bridgehead atoms. The Hall–Kier alpha value is -3.95. The molecule has 5 aromatic rings. The highest BCUT2D eigenvalue weighted by Crippen LogP contribution is 2.28. The van der Waals surface area contributed by atoms with Crippen LogP contribution in [0.25, 0.3) is 0 Å². The molecule has 53 heavy (non-hydrogen) atoms. The van der Waals surface area contributed by atoms with Crippen LogP contribution < -0.4 is 0 Å². The molecule has 0 spiro atoms. The highest BCUT2D eigenvalue weighted by molar-refractivity contribution is 5.28. The molecular weight excluding hydrogens is 659 g/mol. The van der Waals surface area contributed by atoms with Crippen molar-refractivity contribution in [1.29, 1.82) is 0 Å². The largest absolute Gasteiger partial charge is 0.361 e. The summed E-state index contributed by atoms with van der Waals surface area (Å²) < 4.78 is 10.9. The van der Waals surface area contributed by atoms with E-state index >= 15 is 0 Å². The van der Waals surface area contributed by atoms with Crippen LogP contribution in [0.1, 0.15) is 169 Å². The normalized spacial score (nSPS) is 12.1. The van der Waals surface area contributed by atoms with Gasteiger partial charge in [0.2, 0.25) is 0 Å². The Morgan fingerprint density at radius 2 is 1.23 bits per heavy atom. The first-order valence-electron chi connectivity index (χ1n) is 18.8. The number of hydrogen-bond acceptors (Lipinski definition) is 6. The van der Waals surface area contributed by atoms with Crippen LogP contribution in [0.2, 0.25) is 0 Å². The lowest BCUT2D eigenvalue weighted by Crippen LogP contribution is -2.19. The van der Waals surface area contributed by atoms with E-state index in [0.717, 1.165) is 11.5 Å². The second-order valence-corrected chi connectivity index (χ2v) is 19.4. The monoisotopic (exact) mass is 734 g/mol. The fourth-order valence-electron chi connectivity index (χ4n) is 5.58. The molecule has 0 aromatic carbocycles. The highest BCUT2D eigenvalue weighted by Gasteiger charge is 2.23. The van der Waals surface area contributed by atoms with E-state index < -0.39 is 0 Å². The van der Waals surface area contributed by atoms with Crippen molar-refractivity contribution < 1.29 is 4.52 Å². The minimum absolute atomic E-state index is 0.147. The number of rotatable bonds is 1. The molecule has 0 fully saturated rings. The fourth-order valence-corrected chi connectivity index (χ4v) is 5.58. The van der Waals surface area contributed by atoms with Crippen LogP contribution in [0, 0.1) is 20.8 Å². The molecule has 0 aliphatic rings. The van der Waals surface area contributed by atoms with Gasteiger partial charge in [-0.3, -0.25) is 19.1 Å². The minimum Gasteiger partial charge on any atom is -0.361 e. The maximum absolute atomic E-state index is 5.07. The summed E-state index contributed by atoms with van der Waals surface area (Å²) in [6.45, 7) is 43.2. The molecular formula is C43H75N9O. The van der Waals surface area contributed by atoms with Gasteiger partial charge in [-0.25, -0.2) is 0 Å². The molecule has 0 unspecified atom stereocenters. The second-order valence-electron chi connectivity index (χ2n) is 19.4. The van der Waals surface area contributed by atoms with Gasteiger partial charge in [0.1, 0.15) is 5.76 Å². The van der Waals surface area contributed by atoms with E-state index in [1.54, 1.807) is 0 Å². The van der Waals surface area contributed by atoms with Crippen molar-refractivity contribution in [2.24, 2.45) is 14.1 Å². The predicted molar refractivity (Wildman–Crippen MR) is 222 cm³/mol. The highest BCUT2D eigenvalue weighted by atomic mass is 16.5. The average Bonchev–Trinajstić information content (AvgIpc) is 3.81. The maximum atomic E-state index is 5.07. The van der Waals surface area contributed by atoms with Crippen LogP contribution in [-0.4, -0.2) is 44.7 Å². The lowest BCUT2D eigenvalue weighted by atomic mass is 9.86. The van der Waals surface area contributed by atoms with Crippen molar-refractivity contribution in [2.45, 2.75) is 172 Å². The van der Waals surface area contributed by atoms with Crippen LogP contribution >= 0.6 is 0 Å². The molecule has 298 valence electrons. The van der Waals surface area contributed by atoms with Gasteiger partial charge in [0, 0.05) is 61.1 Å². The van der Waals surface area contributed by atoms with E-state index in [-0.39, 0.29) is 27.1 Å². The van der Waals surface area contributed by atoms with Crippen LogP contribution in [0.15, 0.2) is 47.8 Å². The molecule has 1 N–H and O–H groups in total. The van der Waals surface area contributed by atoms with Crippen molar-refractivity contribution in [3.63, 3.8) is 0 Å². The molecule has 0 saturated carbocycles. The van der Waals surface area contributed by atoms with Gasteiger partial charge in [0.05, 0.1) is 24.3 Å². The van der Waals surface area contributed by atoms with Crippen molar-refractivity contribution >= 4 is 0 Å². The number of hydrogen-bond donors (Lipinski definition) is 1.